The van der Waals surface area contributed by atoms with Gasteiger partial charge in [0.15, 0.2) is 0 Å². The molecule has 4 rings (SSSR count). The Kier molecular flexibility index (Phi) is 8.73. The fourth-order valence-electron chi connectivity index (χ4n) is 4.09. The van der Waals surface area contributed by atoms with E-state index in [0.29, 0.717) is 19.1 Å². The number of aromatic nitrogens is 3. The minimum atomic E-state index is 0.401. The molecule has 0 aromatic carbocycles. The molecule has 0 unspecified atom stereocenters. The number of carbonyl (C=O) groups is 1. The fraction of sp³-hybridized carbons (Fsp3) is 0.565. The highest BCUT2D eigenvalue weighted by Crippen LogP contribution is 2.32. The summed E-state index contributed by atoms with van der Waals surface area (Å²) >= 11 is 0. The highest BCUT2D eigenvalue weighted by Gasteiger charge is 2.27. The Hall–Kier alpha value is -2.58. The van der Waals surface area contributed by atoms with Crippen molar-refractivity contribution in [2.75, 3.05) is 51.3 Å². The molecule has 8 nitrogen and oxygen atoms in total. The summed E-state index contributed by atoms with van der Waals surface area (Å²) in [5.74, 6) is 1.94. The van der Waals surface area contributed by atoms with E-state index < -0.39 is 0 Å². The number of hydrogen-bond acceptors (Lipinski definition) is 8. The van der Waals surface area contributed by atoms with Crippen molar-refractivity contribution in [3.05, 3.63) is 47.7 Å². The van der Waals surface area contributed by atoms with Crippen molar-refractivity contribution in [3.8, 4) is 0 Å². The summed E-state index contributed by atoms with van der Waals surface area (Å²) in [6, 6.07) is 8.80. The molecule has 31 heavy (non-hydrogen) atoms. The van der Waals surface area contributed by atoms with Crippen LogP contribution < -0.4 is 4.90 Å². The maximum atomic E-state index is 9.18. The number of anilines is 1. The number of carbonyl (C=O) groups excluding carboxylic acids is 1. The minimum absolute atomic E-state index is 0.401. The van der Waals surface area contributed by atoms with Gasteiger partial charge in [-0.25, -0.2) is 9.97 Å². The summed E-state index contributed by atoms with van der Waals surface area (Å²) in [6.45, 7) is 10.9. The van der Waals surface area contributed by atoms with Gasteiger partial charge >= 0.3 is 0 Å². The number of ether oxygens (including phenoxy) is 1. The van der Waals surface area contributed by atoms with Crippen LogP contribution in [0, 0.1) is 6.92 Å². The number of piperazine rings is 1. The lowest BCUT2D eigenvalue weighted by molar-refractivity contribution is -0.128. The van der Waals surface area contributed by atoms with E-state index in [4.69, 9.17) is 9.97 Å². The van der Waals surface area contributed by atoms with Gasteiger partial charge in [0.05, 0.1) is 24.0 Å². The van der Waals surface area contributed by atoms with Crippen LogP contribution in [0.3, 0.4) is 0 Å². The van der Waals surface area contributed by atoms with Crippen LogP contribution in [0.15, 0.2) is 30.5 Å². The van der Waals surface area contributed by atoms with Crippen LogP contribution in [0.25, 0.3) is 0 Å². The Morgan fingerprint density at radius 1 is 1.16 bits per heavy atom. The zero-order valence-electron chi connectivity index (χ0n) is 18.9. The summed E-state index contributed by atoms with van der Waals surface area (Å²) in [5.41, 5.74) is 2.30. The zero-order chi connectivity index (χ0) is 22.1. The topological polar surface area (TPSA) is 74.7 Å². The molecule has 0 spiro atoms. The summed E-state index contributed by atoms with van der Waals surface area (Å²) in [7, 11) is 2.18. The Balaban J connectivity index is 0.000000491. The zero-order valence-corrected chi connectivity index (χ0v) is 18.9. The van der Waals surface area contributed by atoms with Crippen molar-refractivity contribution >= 4 is 12.3 Å². The third-order valence-corrected chi connectivity index (χ3v) is 5.70. The first-order chi connectivity index (χ1) is 15.1. The lowest BCUT2D eigenvalue weighted by atomic mass is 10.1. The molecule has 0 saturated carbocycles. The molecule has 2 aromatic heterocycles. The average Bonchev–Trinajstić information content (AvgIpc) is 3.23. The normalized spacial score (nSPS) is 19.6. The van der Waals surface area contributed by atoms with Crippen LogP contribution in [0.1, 0.15) is 43.0 Å². The van der Waals surface area contributed by atoms with Crippen molar-refractivity contribution in [1.82, 2.24) is 24.8 Å². The SMILES string of the molecule is CCOC=O.Cc1nc(CN2CCC[C@H]2c2ccccn2)cc(N2CCN(C)CC2)n1. The molecule has 2 aliphatic rings. The van der Waals surface area contributed by atoms with Gasteiger partial charge < -0.3 is 14.5 Å². The Bertz CT molecular complexity index is 811. The molecular formula is C23H34N6O2. The van der Waals surface area contributed by atoms with Gasteiger partial charge in [0.1, 0.15) is 11.6 Å². The molecule has 0 radical (unpaired) electrons. The molecule has 2 aromatic rings. The van der Waals surface area contributed by atoms with Crippen LogP contribution >= 0.6 is 0 Å². The second-order valence-corrected chi connectivity index (χ2v) is 7.99. The van der Waals surface area contributed by atoms with Crippen LogP contribution in [0.5, 0.6) is 0 Å². The van der Waals surface area contributed by atoms with Gasteiger partial charge in [-0.05, 0) is 52.4 Å². The van der Waals surface area contributed by atoms with E-state index in [1.807, 2.05) is 19.2 Å². The lowest BCUT2D eigenvalue weighted by Gasteiger charge is -2.33. The number of likely N-dealkylation sites (tertiary alicyclic amines) is 1. The van der Waals surface area contributed by atoms with Crippen molar-refractivity contribution in [2.24, 2.45) is 0 Å². The fourth-order valence-corrected chi connectivity index (χ4v) is 4.09. The highest BCUT2D eigenvalue weighted by molar-refractivity contribution is 5.40. The molecule has 0 aliphatic carbocycles. The molecule has 8 heteroatoms. The van der Waals surface area contributed by atoms with Crippen LogP contribution in [0.2, 0.25) is 0 Å². The van der Waals surface area contributed by atoms with Crippen LogP contribution in [0.4, 0.5) is 5.82 Å². The number of pyridine rings is 1. The molecular weight excluding hydrogens is 392 g/mol. The van der Waals surface area contributed by atoms with E-state index in [0.717, 1.165) is 56.6 Å². The third kappa shape index (κ3) is 6.70. The quantitative estimate of drug-likeness (QED) is 0.652. The Morgan fingerprint density at radius 3 is 2.61 bits per heavy atom. The molecule has 0 amide bonds. The van der Waals surface area contributed by atoms with Crippen molar-refractivity contribution < 1.29 is 9.53 Å². The predicted molar refractivity (Wildman–Crippen MR) is 121 cm³/mol. The minimum Gasteiger partial charge on any atom is -0.468 e. The molecule has 2 fully saturated rings. The average molecular weight is 427 g/mol. The van der Waals surface area contributed by atoms with E-state index in [9.17, 15) is 4.79 Å². The standard InChI is InChI=1S/C20H28N6.C3H6O2/c1-16-22-17(14-20(23-16)25-12-10-24(2)11-13-25)15-26-9-5-7-19(26)18-6-3-4-8-21-18;1-2-5-3-4/h3-4,6,8,14,19H,5,7,9-13,15H2,1-2H3;3H,2H2,1H3/t19-;/m0./s1. The van der Waals surface area contributed by atoms with E-state index in [1.165, 1.54) is 18.5 Å². The number of rotatable bonds is 6. The largest absolute Gasteiger partial charge is 0.468 e. The predicted octanol–water partition coefficient (Wildman–Crippen LogP) is 2.45. The molecule has 2 aliphatic heterocycles. The summed E-state index contributed by atoms with van der Waals surface area (Å²) < 4.78 is 4.15. The maximum absolute atomic E-state index is 9.18. The summed E-state index contributed by atoms with van der Waals surface area (Å²) in [6.07, 6.45) is 4.29. The monoisotopic (exact) mass is 426 g/mol. The number of nitrogens with zero attached hydrogens (tertiary/aromatic N) is 6. The third-order valence-electron chi connectivity index (χ3n) is 5.70. The molecule has 168 valence electrons. The summed E-state index contributed by atoms with van der Waals surface area (Å²) in [5, 5.41) is 0. The van der Waals surface area contributed by atoms with E-state index in [1.54, 1.807) is 6.92 Å². The van der Waals surface area contributed by atoms with Crippen LogP contribution in [-0.4, -0.2) is 77.6 Å². The molecule has 0 bridgehead atoms. The Labute approximate surface area is 185 Å². The first-order valence-electron chi connectivity index (χ1n) is 11.1. The second kappa shape index (κ2) is 11.7. The lowest BCUT2D eigenvalue weighted by Crippen LogP contribution is -2.45. The van der Waals surface area contributed by atoms with Crippen molar-refractivity contribution in [2.45, 2.75) is 39.3 Å². The first-order valence-corrected chi connectivity index (χ1v) is 11.1. The van der Waals surface area contributed by atoms with Gasteiger partial charge in [0, 0.05) is 45.0 Å². The molecule has 4 heterocycles. The highest BCUT2D eigenvalue weighted by atomic mass is 16.5. The number of likely N-dealkylation sites (N-methyl/N-ethyl adjacent to an activating group) is 1. The Morgan fingerprint density at radius 2 is 1.97 bits per heavy atom. The van der Waals surface area contributed by atoms with Gasteiger partial charge in [-0.2, -0.15) is 0 Å². The number of hydrogen-bond donors (Lipinski definition) is 0. The molecule has 1 atom stereocenters. The van der Waals surface area contributed by atoms with E-state index >= 15 is 0 Å². The van der Waals surface area contributed by atoms with Gasteiger partial charge in [0.2, 0.25) is 0 Å². The van der Waals surface area contributed by atoms with Gasteiger partial charge in [0.25, 0.3) is 6.47 Å². The molecule has 0 N–H and O–H groups in total. The number of aryl methyl sites for hydroxylation is 1. The smallest absolute Gasteiger partial charge is 0.293 e. The summed E-state index contributed by atoms with van der Waals surface area (Å²) in [4.78, 5) is 30.5. The van der Waals surface area contributed by atoms with Crippen molar-refractivity contribution in [1.29, 1.82) is 0 Å². The van der Waals surface area contributed by atoms with E-state index in [2.05, 4.69) is 49.7 Å². The second-order valence-electron chi connectivity index (χ2n) is 7.99. The van der Waals surface area contributed by atoms with Crippen molar-refractivity contribution in [3.63, 3.8) is 0 Å². The molecule has 2 saturated heterocycles. The van der Waals surface area contributed by atoms with Gasteiger partial charge in [-0.1, -0.05) is 6.07 Å². The van der Waals surface area contributed by atoms with Gasteiger partial charge in [-0.15, -0.1) is 0 Å². The van der Waals surface area contributed by atoms with Gasteiger partial charge in [-0.3, -0.25) is 14.7 Å². The van der Waals surface area contributed by atoms with Crippen LogP contribution in [-0.2, 0) is 16.1 Å². The first kappa shape index (κ1) is 23.1. The maximum Gasteiger partial charge on any atom is 0.293 e. The van der Waals surface area contributed by atoms with E-state index in [-0.39, 0.29) is 0 Å².